The molecule has 0 saturated carbocycles. The second-order valence-corrected chi connectivity index (χ2v) is 4.88. The maximum absolute atomic E-state index is 5.69. The van der Waals surface area contributed by atoms with Gasteiger partial charge < -0.3 is 0 Å². The van der Waals surface area contributed by atoms with Crippen LogP contribution in [-0.4, -0.2) is 10.2 Å². The number of nitrogens with zero attached hydrogens (tertiary/aromatic N) is 2. The van der Waals surface area contributed by atoms with E-state index in [4.69, 9.17) is 58.0 Å². The Morgan fingerprint density at radius 3 is 2.17 bits per heavy atom. The molecule has 1 heterocycles. The normalized spacial score (nSPS) is 11.8. The van der Waals surface area contributed by atoms with E-state index < -0.39 is 3.79 Å². The molecule has 2 nitrogen and oxygen atoms in total. The van der Waals surface area contributed by atoms with Crippen LogP contribution >= 0.6 is 58.0 Å². The predicted molar refractivity (Wildman–Crippen MR) is 51.3 cm³/mol. The Kier molecular flexibility index (Phi) is 3.29. The third-order valence-corrected chi connectivity index (χ3v) is 2.41. The number of hydrogen-bond donors (Lipinski definition) is 0. The van der Waals surface area contributed by atoms with Gasteiger partial charge in [-0.05, 0) is 0 Å². The predicted octanol–water partition coefficient (Wildman–Crippen LogP) is 3.61. The van der Waals surface area contributed by atoms with Crippen molar-refractivity contribution < 1.29 is 0 Å². The zero-order chi connectivity index (χ0) is 9.35. The summed E-state index contributed by atoms with van der Waals surface area (Å²) >= 11 is 27.9. The fraction of sp³-hybridized carbons (Fsp3) is 0.200. The topological polar surface area (TPSA) is 25.8 Å². The van der Waals surface area contributed by atoms with Crippen LogP contribution in [-0.2, 0) is 3.79 Å². The lowest BCUT2D eigenvalue weighted by Gasteiger charge is -2.11. The summed E-state index contributed by atoms with van der Waals surface area (Å²) in [6, 6.07) is 0. The molecule has 0 aliphatic rings. The quantitative estimate of drug-likeness (QED) is 0.670. The van der Waals surface area contributed by atoms with Crippen molar-refractivity contribution in [3.05, 3.63) is 21.9 Å². The zero-order valence-corrected chi connectivity index (χ0v) is 9.14. The van der Waals surface area contributed by atoms with Gasteiger partial charge in [0.05, 0.1) is 11.2 Å². The third kappa shape index (κ3) is 2.27. The van der Waals surface area contributed by atoms with Gasteiger partial charge in [-0.25, -0.2) is 0 Å². The van der Waals surface area contributed by atoms with Crippen molar-refractivity contribution in [1.29, 1.82) is 0 Å². The molecular formula is C5HCl5N2. The highest BCUT2D eigenvalue weighted by Crippen LogP contribution is 2.42. The maximum Gasteiger partial charge on any atom is 0.219 e. The molecule has 0 spiro atoms. The molecule has 0 saturated heterocycles. The molecule has 0 amide bonds. The van der Waals surface area contributed by atoms with Gasteiger partial charge in [-0.15, -0.1) is 5.10 Å². The van der Waals surface area contributed by atoms with Crippen molar-refractivity contribution in [2.75, 3.05) is 0 Å². The van der Waals surface area contributed by atoms with Crippen LogP contribution in [0.1, 0.15) is 5.56 Å². The lowest BCUT2D eigenvalue weighted by atomic mass is 10.3. The van der Waals surface area contributed by atoms with Crippen LogP contribution in [0.4, 0.5) is 0 Å². The summed E-state index contributed by atoms with van der Waals surface area (Å²) in [5.41, 5.74) is 0.217. The Labute approximate surface area is 93.7 Å². The number of halogens is 5. The highest BCUT2D eigenvalue weighted by atomic mass is 35.6. The highest BCUT2D eigenvalue weighted by Gasteiger charge is 2.27. The maximum atomic E-state index is 5.69. The average Bonchev–Trinajstić information content (AvgIpc) is 1.92. The molecule has 0 aliphatic heterocycles. The SMILES string of the molecule is Clc1nncc(C(Cl)(Cl)Cl)c1Cl. The van der Waals surface area contributed by atoms with E-state index in [9.17, 15) is 0 Å². The minimum atomic E-state index is -1.63. The molecule has 66 valence electrons. The molecule has 0 aliphatic carbocycles. The van der Waals surface area contributed by atoms with Gasteiger partial charge >= 0.3 is 0 Å². The summed E-state index contributed by atoms with van der Waals surface area (Å²) < 4.78 is -1.63. The van der Waals surface area contributed by atoms with Crippen LogP contribution in [0.25, 0.3) is 0 Å². The monoisotopic (exact) mass is 264 g/mol. The van der Waals surface area contributed by atoms with Crippen LogP contribution in [0.3, 0.4) is 0 Å². The van der Waals surface area contributed by atoms with Gasteiger partial charge in [-0.2, -0.15) is 5.10 Å². The number of aromatic nitrogens is 2. The summed E-state index contributed by atoms with van der Waals surface area (Å²) in [5, 5.41) is 7.07. The molecule has 0 atom stereocenters. The largest absolute Gasteiger partial charge is 0.219 e. The standard InChI is InChI=1S/C5HCl5N2/c6-3-2(5(8,9)10)1-11-12-4(3)7/h1H. The van der Waals surface area contributed by atoms with Crippen molar-refractivity contribution in [3.63, 3.8) is 0 Å². The molecule has 12 heavy (non-hydrogen) atoms. The van der Waals surface area contributed by atoms with Crippen molar-refractivity contribution in [2.24, 2.45) is 0 Å². The summed E-state index contributed by atoms with van der Waals surface area (Å²) in [4.78, 5) is 0. The van der Waals surface area contributed by atoms with Crippen molar-refractivity contribution in [3.8, 4) is 0 Å². The number of hydrogen-bond acceptors (Lipinski definition) is 2. The fourth-order valence-electron chi connectivity index (χ4n) is 0.547. The minimum absolute atomic E-state index is 0.0143. The van der Waals surface area contributed by atoms with Crippen LogP contribution in [0.15, 0.2) is 6.20 Å². The molecule has 0 unspecified atom stereocenters. The van der Waals surface area contributed by atoms with Crippen molar-refractivity contribution in [2.45, 2.75) is 3.79 Å². The number of rotatable bonds is 0. The molecule has 0 fully saturated rings. The Morgan fingerprint density at radius 2 is 1.75 bits per heavy atom. The molecule has 0 N–H and O–H groups in total. The molecule has 1 aromatic heterocycles. The van der Waals surface area contributed by atoms with Gasteiger partial charge in [0, 0.05) is 5.56 Å². The summed E-state index contributed by atoms with van der Waals surface area (Å²) in [6.45, 7) is 0. The smallest absolute Gasteiger partial charge is 0.157 e. The van der Waals surface area contributed by atoms with E-state index in [1.807, 2.05) is 0 Å². The average molecular weight is 266 g/mol. The Bertz CT molecular complexity index is 294. The van der Waals surface area contributed by atoms with Crippen LogP contribution in [0.2, 0.25) is 10.2 Å². The fourth-order valence-corrected chi connectivity index (χ4v) is 1.50. The van der Waals surface area contributed by atoms with Crippen LogP contribution in [0, 0.1) is 0 Å². The minimum Gasteiger partial charge on any atom is -0.157 e. The Morgan fingerprint density at radius 1 is 1.17 bits per heavy atom. The van der Waals surface area contributed by atoms with E-state index in [-0.39, 0.29) is 15.7 Å². The lowest BCUT2D eigenvalue weighted by Crippen LogP contribution is -2.03. The summed E-state index contributed by atoms with van der Waals surface area (Å²) in [6.07, 6.45) is 1.25. The first kappa shape index (κ1) is 10.6. The molecule has 0 aromatic carbocycles. The first-order valence-corrected chi connectivity index (χ1v) is 4.56. The van der Waals surface area contributed by atoms with E-state index in [0.29, 0.717) is 0 Å². The summed E-state index contributed by atoms with van der Waals surface area (Å²) in [7, 11) is 0. The van der Waals surface area contributed by atoms with Gasteiger partial charge in [0.2, 0.25) is 3.79 Å². The van der Waals surface area contributed by atoms with Crippen LogP contribution in [0.5, 0.6) is 0 Å². The molecule has 0 bridgehead atoms. The Balaban J connectivity index is 3.26. The first-order valence-electron chi connectivity index (χ1n) is 2.67. The van der Waals surface area contributed by atoms with Gasteiger partial charge in [0.15, 0.2) is 5.15 Å². The summed E-state index contributed by atoms with van der Waals surface area (Å²) in [5.74, 6) is 0. The van der Waals surface area contributed by atoms with E-state index in [2.05, 4.69) is 10.2 Å². The van der Waals surface area contributed by atoms with Gasteiger partial charge in [0.25, 0.3) is 0 Å². The molecule has 1 rings (SSSR count). The van der Waals surface area contributed by atoms with Crippen molar-refractivity contribution in [1.82, 2.24) is 10.2 Å². The third-order valence-electron chi connectivity index (χ3n) is 1.06. The van der Waals surface area contributed by atoms with E-state index in [0.717, 1.165) is 0 Å². The van der Waals surface area contributed by atoms with Gasteiger partial charge in [-0.3, -0.25) is 0 Å². The molecule has 7 heteroatoms. The lowest BCUT2D eigenvalue weighted by molar-refractivity contribution is 0.996. The Hall–Kier alpha value is 0.530. The highest BCUT2D eigenvalue weighted by molar-refractivity contribution is 6.67. The number of alkyl halides is 3. The molecule has 1 aromatic rings. The second-order valence-electron chi connectivity index (χ2n) is 1.86. The zero-order valence-electron chi connectivity index (χ0n) is 5.36. The van der Waals surface area contributed by atoms with Crippen molar-refractivity contribution >= 4 is 58.0 Å². The van der Waals surface area contributed by atoms with E-state index >= 15 is 0 Å². The van der Waals surface area contributed by atoms with Gasteiger partial charge in [0.1, 0.15) is 0 Å². The van der Waals surface area contributed by atoms with Crippen LogP contribution < -0.4 is 0 Å². The first-order chi connectivity index (χ1) is 5.43. The van der Waals surface area contributed by atoms with E-state index in [1.54, 1.807) is 0 Å². The van der Waals surface area contributed by atoms with E-state index in [1.165, 1.54) is 6.20 Å². The molecule has 0 radical (unpaired) electrons. The second kappa shape index (κ2) is 3.72. The van der Waals surface area contributed by atoms with Gasteiger partial charge in [-0.1, -0.05) is 58.0 Å². The molecular weight excluding hydrogens is 265 g/mol.